The predicted molar refractivity (Wildman–Crippen MR) is 158 cm³/mol. The van der Waals surface area contributed by atoms with Crippen LogP contribution in [0.2, 0.25) is 0 Å². The van der Waals surface area contributed by atoms with Crippen molar-refractivity contribution in [1.82, 2.24) is 14.5 Å². The molecule has 0 spiro atoms. The van der Waals surface area contributed by atoms with E-state index < -0.39 is 0 Å². The molecular formula is C30H30ClN5OS. The summed E-state index contributed by atoms with van der Waals surface area (Å²) >= 11 is 1.69. The van der Waals surface area contributed by atoms with Gasteiger partial charge < -0.3 is 15.4 Å². The third-order valence-electron chi connectivity index (χ3n) is 7.71. The molecule has 2 N–H and O–H groups in total. The molecule has 1 aliphatic carbocycles. The molecule has 4 heterocycles. The molecular weight excluding hydrogens is 514 g/mol. The molecule has 194 valence electrons. The lowest BCUT2D eigenvalue weighted by Gasteiger charge is -2.38. The van der Waals surface area contributed by atoms with Crippen LogP contribution in [-0.4, -0.2) is 40.8 Å². The molecule has 0 atom stereocenters. The molecule has 8 heteroatoms. The number of imidazole rings is 1. The Morgan fingerprint density at radius 2 is 1.68 bits per heavy atom. The minimum atomic E-state index is -0.178. The first-order valence-corrected chi connectivity index (χ1v) is 13.8. The van der Waals surface area contributed by atoms with E-state index in [2.05, 4.69) is 87.6 Å². The van der Waals surface area contributed by atoms with Crippen LogP contribution in [0.3, 0.4) is 0 Å². The number of anilines is 1. The summed E-state index contributed by atoms with van der Waals surface area (Å²) in [4.78, 5) is 13.7. The molecule has 0 amide bonds. The van der Waals surface area contributed by atoms with Crippen LogP contribution in [0.5, 0.6) is 0 Å². The van der Waals surface area contributed by atoms with Gasteiger partial charge in [-0.05, 0) is 72.7 Å². The summed E-state index contributed by atoms with van der Waals surface area (Å²) in [6.07, 6.45) is 3.30. The zero-order chi connectivity index (χ0) is 24.8. The number of halogens is 1. The van der Waals surface area contributed by atoms with Crippen molar-refractivity contribution in [2.45, 2.75) is 24.8 Å². The maximum absolute atomic E-state index is 6.60. The average Bonchev–Trinajstić information content (AvgIpc) is 3.60. The normalized spacial score (nSPS) is 16.7. The van der Waals surface area contributed by atoms with Gasteiger partial charge in [-0.2, -0.15) is 0 Å². The molecule has 6 nitrogen and oxygen atoms in total. The monoisotopic (exact) mass is 543 g/mol. The third-order valence-corrected chi connectivity index (χ3v) is 8.58. The number of pyridine rings is 1. The number of hydrogen-bond acceptors (Lipinski definition) is 6. The number of nitrogens with two attached hydrogens (primary N) is 1. The highest BCUT2D eigenvalue weighted by Gasteiger charge is 2.34. The largest absolute Gasteiger partial charge is 0.378 e. The molecule has 2 aliphatic rings. The van der Waals surface area contributed by atoms with E-state index in [1.165, 1.54) is 17.7 Å². The molecule has 0 bridgehead atoms. The van der Waals surface area contributed by atoms with Crippen LogP contribution in [-0.2, 0) is 10.3 Å². The van der Waals surface area contributed by atoms with Crippen LogP contribution in [0.4, 0.5) is 5.69 Å². The van der Waals surface area contributed by atoms with Crippen LogP contribution in [0, 0.1) is 0 Å². The maximum atomic E-state index is 6.60. The van der Waals surface area contributed by atoms with Crippen LogP contribution in [0.15, 0.2) is 78.2 Å². The molecule has 0 unspecified atom stereocenters. The Balaban J connectivity index is 0.00000264. The number of thiophene rings is 1. The number of nitrogens with zero attached hydrogens (tertiary/aromatic N) is 4. The summed E-state index contributed by atoms with van der Waals surface area (Å²) in [6, 6.07) is 25.7. The molecule has 1 aliphatic heterocycles. The first-order chi connectivity index (χ1) is 18.2. The minimum Gasteiger partial charge on any atom is -0.378 e. The molecule has 3 aromatic heterocycles. The lowest BCUT2D eigenvalue weighted by molar-refractivity contribution is 0.122. The van der Waals surface area contributed by atoms with Gasteiger partial charge in [0, 0.05) is 35.6 Å². The molecule has 2 aromatic carbocycles. The predicted octanol–water partition coefficient (Wildman–Crippen LogP) is 6.41. The van der Waals surface area contributed by atoms with Crippen molar-refractivity contribution in [2.24, 2.45) is 5.73 Å². The van der Waals surface area contributed by atoms with Gasteiger partial charge in [-0.3, -0.25) is 4.57 Å². The SMILES string of the molecule is Cl.NC1(c2ccc(-n3c(-c4cccs4)nc4ccc(-c5cccc(N6CCOCC6)c5)nc43)cc2)CCC1. The smallest absolute Gasteiger partial charge is 0.165 e. The van der Waals surface area contributed by atoms with E-state index in [1.54, 1.807) is 11.3 Å². The third kappa shape index (κ3) is 4.39. The van der Waals surface area contributed by atoms with Crippen molar-refractivity contribution in [3.05, 3.63) is 83.7 Å². The molecule has 2 fully saturated rings. The van der Waals surface area contributed by atoms with Crippen LogP contribution in [0.25, 0.3) is 38.8 Å². The van der Waals surface area contributed by atoms with E-state index >= 15 is 0 Å². The van der Waals surface area contributed by atoms with Crippen molar-refractivity contribution in [3.8, 4) is 27.6 Å². The van der Waals surface area contributed by atoms with E-state index in [1.807, 2.05) is 0 Å². The highest BCUT2D eigenvalue weighted by Crippen LogP contribution is 2.39. The van der Waals surface area contributed by atoms with Gasteiger partial charge in [0.05, 0.1) is 23.8 Å². The Hall–Kier alpha value is -3.23. The van der Waals surface area contributed by atoms with Crippen LogP contribution < -0.4 is 10.6 Å². The first-order valence-electron chi connectivity index (χ1n) is 12.9. The Morgan fingerprint density at radius 1 is 0.868 bits per heavy atom. The van der Waals surface area contributed by atoms with Gasteiger partial charge >= 0.3 is 0 Å². The van der Waals surface area contributed by atoms with Crippen molar-refractivity contribution >= 4 is 40.6 Å². The van der Waals surface area contributed by atoms with Crippen molar-refractivity contribution < 1.29 is 4.74 Å². The van der Waals surface area contributed by atoms with Gasteiger partial charge in [0.1, 0.15) is 5.52 Å². The van der Waals surface area contributed by atoms with E-state index in [9.17, 15) is 0 Å². The summed E-state index contributed by atoms with van der Waals surface area (Å²) in [5, 5.41) is 2.09. The second-order valence-corrected chi connectivity index (χ2v) is 10.9. The van der Waals surface area contributed by atoms with Crippen molar-refractivity contribution in [1.29, 1.82) is 0 Å². The van der Waals surface area contributed by atoms with Gasteiger partial charge in [0.15, 0.2) is 11.5 Å². The summed E-state index contributed by atoms with van der Waals surface area (Å²) < 4.78 is 7.72. The quantitative estimate of drug-likeness (QED) is 0.277. The summed E-state index contributed by atoms with van der Waals surface area (Å²) in [6.45, 7) is 3.35. The Kier molecular flexibility index (Phi) is 6.70. The number of hydrogen-bond donors (Lipinski definition) is 1. The molecule has 0 radical (unpaired) electrons. The van der Waals surface area contributed by atoms with Crippen LogP contribution in [0.1, 0.15) is 24.8 Å². The lowest BCUT2D eigenvalue weighted by Crippen LogP contribution is -2.43. The summed E-state index contributed by atoms with van der Waals surface area (Å²) in [7, 11) is 0. The van der Waals surface area contributed by atoms with E-state index in [-0.39, 0.29) is 17.9 Å². The second-order valence-electron chi connectivity index (χ2n) is 9.99. The van der Waals surface area contributed by atoms with E-state index in [0.29, 0.717) is 0 Å². The zero-order valence-electron chi connectivity index (χ0n) is 21.0. The Bertz CT molecular complexity index is 1550. The summed E-state index contributed by atoms with van der Waals surface area (Å²) in [5.74, 6) is 0.913. The van der Waals surface area contributed by atoms with Gasteiger partial charge in [0.25, 0.3) is 0 Å². The van der Waals surface area contributed by atoms with Crippen LogP contribution >= 0.6 is 23.7 Å². The van der Waals surface area contributed by atoms with Gasteiger partial charge in [-0.15, -0.1) is 23.7 Å². The molecule has 7 rings (SSSR count). The first kappa shape index (κ1) is 25.1. The Morgan fingerprint density at radius 3 is 2.39 bits per heavy atom. The number of ether oxygens (including phenoxy) is 1. The number of rotatable bonds is 5. The standard InChI is InChI=1S/C30H29N5OS.ClH/c31-30(13-3-14-30)22-7-9-23(10-8-22)35-28-26(33-29(35)27-6-2-19-37-27)12-11-25(32-28)21-4-1-5-24(20-21)34-15-17-36-18-16-34;/h1-2,4-12,19-20H,3,13-18,31H2;1H. The molecule has 1 saturated heterocycles. The fourth-order valence-electron chi connectivity index (χ4n) is 5.41. The van der Waals surface area contributed by atoms with E-state index in [4.69, 9.17) is 20.4 Å². The van der Waals surface area contributed by atoms with Crippen molar-refractivity contribution in [3.63, 3.8) is 0 Å². The van der Waals surface area contributed by atoms with Gasteiger partial charge in [-0.25, -0.2) is 9.97 Å². The second kappa shape index (κ2) is 10.2. The topological polar surface area (TPSA) is 69.2 Å². The van der Waals surface area contributed by atoms with E-state index in [0.717, 1.165) is 78.0 Å². The highest BCUT2D eigenvalue weighted by atomic mass is 35.5. The fraction of sp³-hybridized carbons (Fsp3) is 0.267. The maximum Gasteiger partial charge on any atom is 0.165 e. The number of fused-ring (bicyclic) bond motifs is 1. The van der Waals surface area contributed by atoms with Gasteiger partial charge in [0.2, 0.25) is 0 Å². The molecule has 1 saturated carbocycles. The lowest BCUT2D eigenvalue weighted by atomic mass is 9.73. The number of benzene rings is 2. The fourth-order valence-corrected chi connectivity index (χ4v) is 6.11. The number of aromatic nitrogens is 3. The van der Waals surface area contributed by atoms with Gasteiger partial charge in [-0.1, -0.05) is 30.3 Å². The molecule has 38 heavy (non-hydrogen) atoms. The Labute approximate surface area is 232 Å². The van der Waals surface area contributed by atoms with Crippen molar-refractivity contribution in [2.75, 3.05) is 31.2 Å². The summed E-state index contributed by atoms with van der Waals surface area (Å²) in [5.41, 5.74) is 13.7. The zero-order valence-corrected chi connectivity index (χ0v) is 22.7. The number of morpholine rings is 1. The highest BCUT2D eigenvalue weighted by molar-refractivity contribution is 7.13. The average molecular weight is 544 g/mol. The minimum absolute atomic E-state index is 0. The molecule has 5 aromatic rings.